The third kappa shape index (κ3) is 4.73. The molecule has 1 amide bonds. The second-order valence-corrected chi connectivity index (χ2v) is 6.62. The summed E-state index contributed by atoms with van der Waals surface area (Å²) in [6.07, 6.45) is 1.21. The van der Waals surface area contributed by atoms with E-state index in [1.165, 1.54) is 27.2 Å². The molecule has 150 valence electrons. The fourth-order valence-electron chi connectivity index (χ4n) is 2.65. The Morgan fingerprint density at radius 3 is 2.34 bits per heavy atom. The lowest BCUT2D eigenvalue weighted by molar-refractivity contribution is -0.222. The number of ether oxygens (including phenoxy) is 3. The first kappa shape index (κ1) is 19.9. The van der Waals surface area contributed by atoms with E-state index in [9.17, 15) is 14.4 Å². The van der Waals surface area contributed by atoms with Gasteiger partial charge in [-0.1, -0.05) is 18.2 Å². The van der Waals surface area contributed by atoms with Gasteiger partial charge >= 0.3 is 11.9 Å². The maximum Gasteiger partial charge on any atom is 0.350 e. The lowest BCUT2D eigenvalue weighted by Crippen LogP contribution is -2.42. The van der Waals surface area contributed by atoms with Crippen molar-refractivity contribution in [3.8, 4) is 5.75 Å². The fraction of sp³-hybridized carbons (Fsp3) is 0.190. The van der Waals surface area contributed by atoms with Crippen LogP contribution in [-0.2, 0) is 19.1 Å². The number of benzene rings is 2. The monoisotopic (exact) mass is 396 g/mol. The van der Waals surface area contributed by atoms with E-state index in [1.54, 1.807) is 48.5 Å². The minimum atomic E-state index is -1.30. The van der Waals surface area contributed by atoms with Crippen LogP contribution in [0, 0.1) is 0 Å². The summed E-state index contributed by atoms with van der Waals surface area (Å²) >= 11 is 0. The number of carbonyl (C=O) groups excluding carboxylic acids is 3. The molecule has 0 spiro atoms. The van der Waals surface area contributed by atoms with E-state index in [4.69, 9.17) is 14.2 Å². The molecule has 2 N–H and O–H groups in total. The van der Waals surface area contributed by atoms with Crippen molar-refractivity contribution < 1.29 is 28.6 Å². The van der Waals surface area contributed by atoms with Crippen LogP contribution < -0.4 is 15.4 Å². The number of hydrogen-bond acceptors (Lipinski definition) is 7. The zero-order valence-corrected chi connectivity index (χ0v) is 16.1. The Kier molecular flexibility index (Phi) is 5.54. The highest BCUT2D eigenvalue weighted by atomic mass is 16.7. The zero-order valence-electron chi connectivity index (χ0n) is 16.1. The third-order valence-electron chi connectivity index (χ3n) is 3.97. The predicted octanol–water partition coefficient (Wildman–Crippen LogP) is 3.08. The molecular weight excluding hydrogens is 376 g/mol. The second kappa shape index (κ2) is 8.05. The van der Waals surface area contributed by atoms with Crippen LogP contribution in [0.15, 0.2) is 60.3 Å². The number of nitrogens with one attached hydrogen (secondary N) is 2. The van der Waals surface area contributed by atoms with Gasteiger partial charge in [0.1, 0.15) is 5.75 Å². The van der Waals surface area contributed by atoms with Crippen LogP contribution in [0.5, 0.6) is 5.75 Å². The van der Waals surface area contributed by atoms with Crippen molar-refractivity contribution >= 4 is 29.2 Å². The number of methoxy groups -OCH3 is 1. The van der Waals surface area contributed by atoms with E-state index < -0.39 is 17.7 Å². The van der Waals surface area contributed by atoms with Crippen LogP contribution in [0.3, 0.4) is 0 Å². The number of para-hydroxylation sites is 1. The van der Waals surface area contributed by atoms with E-state index in [0.29, 0.717) is 22.7 Å². The van der Waals surface area contributed by atoms with Gasteiger partial charge in [-0.25, -0.2) is 9.59 Å². The van der Waals surface area contributed by atoms with Gasteiger partial charge in [0, 0.05) is 31.4 Å². The standard InChI is InChI=1S/C21H20N2O6/c1-21(2)28-19(25)16(20(26)29-21)12-22-13-7-6-8-14(11-13)23-18(24)15-9-4-5-10-17(15)27-3/h4-12,22H,1-3H3,(H,23,24). The highest BCUT2D eigenvalue weighted by molar-refractivity contribution is 6.15. The smallest absolute Gasteiger partial charge is 0.350 e. The van der Waals surface area contributed by atoms with E-state index in [0.717, 1.165) is 0 Å². The molecule has 29 heavy (non-hydrogen) atoms. The van der Waals surface area contributed by atoms with E-state index in [2.05, 4.69) is 10.6 Å². The SMILES string of the molecule is COc1ccccc1C(=O)Nc1cccc(NC=C2C(=O)OC(C)(C)OC2=O)c1. The molecule has 2 aromatic carbocycles. The molecule has 0 aliphatic carbocycles. The fourth-order valence-corrected chi connectivity index (χ4v) is 2.65. The summed E-state index contributed by atoms with van der Waals surface area (Å²) < 4.78 is 15.3. The van der Waals surface area contributed by atoms with Gasteiger partial charge in [0.05, 0.1) is 12.7 Å². The molecule has 2 aromatic rings. The Morgan fingerprint density at radius 1 is 1.00 bits per heavy atom. The Bertz CT molecular complexity index is 974. The second-order valence-electron chi connectivity index (χ2n) is 6.62. The highest BCUT2D eigenvalue weighted by Gasteiger charge is 2.38. The molecule has 0 bridgehead atoms. The highest BCUT2D eigenvalue weighted by Crippen LogP contribution is 2.24. The van der Waals surface area contributed by atoms with Gasteiger partial charge in [0.15, 0.2) is 5.57 Å². The summed E-state index contributed by atoms with van der Waals surface area (Å²) in [5, 5.41) is 5.62. The molecule has 0 unspecified atom stereocenters. The van der Waals surface area contributed by atoms with Gasteiger partial charge in [0.25, 0.3) is 11.7 Å². The maximum absolute atomic E-state index is 12.5. The van der Waals surface area contributed by atoms with Gasteiger partial charge in [0.2, 0.25) is 0 Å². The lowest BCUT2D eigenvalue weighted by Gasteiger charge is -2.29. The van der Waals surface area contributed by atoms with Gasteiger partial charge < -0.3 is 24.8 Å². The molecule has 0 radical (unpaired) electrons. The zero-order chi connectivity index (χ0) is 21.0. The number of esters is 2. The van der Waals surface area contributed by atoms with Crippen molar-refractivity contribution in [1.29, 1.82) is 0 Å². The number of carbonyl (C=O) groups is 3. The van der Waals surface area contributed by atoms with E-state index >= 15 is 0 Å². The molecule has 1 aliphatic rings. The molecule has 8 nitrogen and oxygen atoms in total. The summed E-state index contributed by atoms with van der Waals surface area (Å²) in [6, 6.07) is 13.6. The topological polar surface area (TPSA) is 103 Å². The van der Waals surface area contributed by atoms with Crippen molar-refractivity contribution in [1.82, 2.24) is 0 Å². The van der Waals surface area contributed by atoms with Crippen molar-refractivity contribution in [2.24, 2.45) is 0 Å². The lowest BCUT2D eigenvalue weighted by atomic mass is 10.2. The van der Waals surface area contributed by atoms with Crippen molar-refractivity contribution in [3.05, 3.63) is 65.9 Å². The van der Waals surface area contributed by atoms with Gasteiger partial charge in [-0.2, -0.15) is 0 Å². The molecule has 8 heteroatoms. The van der Waals surface area contributed by atoms with Gasteiger partial charge in [-0.05, 0) is 30.3 Å². The Balaban J connectivity index is 1.72. The normalized spacial score (nSPS) is 15.1. The van der Waals surface area contributed by atoms with Crippen LogP contribution in [0.4, 0.5) is 11.4 Å². The van der Waals surface area contributed by atoms with Crippen molar-refractivity contribution in [3.63, 3.8) is 0 Å². The predicted molar refractivity (Wildman–Crippen MR) is 105 cm³/mol. The number of amides is 1. The van der Waals surface area contributed by atoms with Crippen LogP contribution in [0.2, 0.25) is 0 Å². The first-order valence-corrected chi connectivity index (χ1v) is 8.77. The molecule has 1 fully saturated rings. The minimum absolute atomic E-state index is 0.257. The Labute approximate surface area is 167 Å². The molecule has 1 saturated heterocycles. The summed E-state index contributed by atoms with van der Waals surface area (Å²) in [7, 11) is 1.49. The van der Waals surface area contributed by atoms with Crippen molar-refractivity contribution in [2.75, 3.05) is 17.7 Å². The molecular formula is C21H20N2O6. The molecule has 0 saturated carbocycles. The molecule has 0 aromatic heterocycles. The van der Waals surface area contributed by atoms with Gasteiger partial charge in [-0.3, -0.25) is 4.79 Å². The van der Waals surface area contributed by atoms with Gasteiger partial charge in [-0.15, -0.1) is 0 Å². The number of rotatable bonds is 5. The third-order valence-corrected chi connectivity index (χ3v) is 3.97. The maximum atomic E-state index is 12.5. The number of anilines is 2. The average molecular weight is 396 g/mol. The van der Waals surface area contributed by atoms with Crippen molar-refractivity contribution in [2.45, 2.75) is 19.6 Å². The summed E-state index contributed by atoms with van der Waals surface area (Å²) in [4.78, 5) is 36.5. The molecule has 1 aliphatic heterocycles. The molecule has 1 heterocycles. The largest absolute Gasteiger partial charge is 0.496 e. The summed E-state index contributed by atoms with van der Waals surface area (Å²) in [6.45, 7) is 2.95. The average Bonchev–Trinajstić information content (AvgIpc) is 2.66. The van der Waals surface area contributed by atoms with Crippen LogP contribution in [0.1, 0.15) is 24.2 Å². The Morgan fingerprint density at radius 2 is 1.66 bits per heavy atom. The van der Waals surface area contributed by atoms with Crippen LogP contribution >= 0.6 is 0 Å². The van der Waals surface area contributed by atoms with Crippen LogP contribution in [0.25, 0.3) is 0 Å². The van der Waals surface area contributed by atoms with Crippen LogP contribution in [-0.4, -0.2) is 30.7 Å². The Hall–Kier alpha value is -3.81. The molecule has 3 rings (SSSR count). The number of hydrogen-bond donors (Lipinski definition) is 2. The quantitative estimate of drug-likeness (QED) is 0.455. The first-order valence-electron chi connectivity index (χ1n) is 8.77. The summed E-state index contributed by atoms with van der Waals surface area (Å²) in [5.74, 6) is -2.73. The molecule has 0 atom stereocenters. The van der Waals surface area contributed by atoms with E-state index in [-0.39, 0.29) is 11.5 Å². The van der Waals surface area contributed by atoms with E-state index in [1.807, 2.05) is 0 Å². The summed E-state index contributed by atoms with van der Waals surface area (Å²) in [5.41, 5.74) is 1.19. The first-order chi connectivity index (χ1) is 13.8. The number of cyclic esters (lactones) is 2. The minimum Gasteiger partial charge on any atom is -0.496 e.